The van der Waals surface area contributed by atoms with Gasteiger partial charge in [0.15, 0.2) is 0 Å². The summed E-state index contributed by atoms with van der Waals surface area (Å²) in [5.74, 6) is -1.31. The minimum absolute atomic E-state index is 0.154. The zero-order valence-corrected chi connectivity index (χ0v) is 14.2. The fourth-order valence-corrected chi connectivity index (χ4v) is 3.51. The fourth-order valence-electron chi connectivity index (χ4n) is 2.10. The Bertz CT molecular complexity index is 888. The van der Waals surface area contributed by atoms with E-state index in [1.807, 2.05) is 6.07 Å². The molecule has 0 saturated heterocycles. The predicted octanol–water partition coefficient (Wildman–Crippen LogP) is 2.26. The Morgan fingerprint density at radius 1 is 1.16 bits per heavy atom. The van der Waals surface area contributed by atoms with Crippen molar-refractivity contribution in [3.63, 3.8) is 0 Å². The second-order valence-electron chi connectivity index (χ2n) is 5.04. The van der Waals surface area contributed by atoms with Gasteiger partial charge in [-0.05, 0) is 42.0 Å². The highest BCUT2D eigenvalue weighted by Gasteiger charge is 2.27. The first kappa shape index (κ1) is 18.4. The van der Waals surface area contributed by atoms with Crippen LogP contribution in [0.5, 0.6) is 0 Å². The summed E-state index contributed by atoms with van der Waals surface area (Å²) in [6, 6.07) is 12.5. The molecular weight excluding hydrogens is 347 g/mol. The summed E-state index contributed by atoms with van der Waals surface area (Å²) in [4.78, 5) is 11.5. The number of carbonyl (C=O) groups is 1. The van der Waals surface area contributed by atoms with E-state index >= 15 is 0 Å². The molecule has 0 spiro atoms. The molecule has 0 bridgehead atoms. The molecule has 0 aliphatic heterocycles. The minimum Gasteiger partial charge on any atom is -0.468 e. The second kappa shape index (κ2) is 7.77. The molecule has 25 heavy (non-hydrogen) atoms. The molecule has 6 nitrogen and oxygen atoms in total. The fraction of sp³-hybridized carbons (Fsp3) is 0.176. The molecule has 0 unspecified atom stereocenters. The first-order valence-corrected chi connectivity index (χ1v) is 8.63. The van der Waals surface area contributed by atoms with Crippen LogP contribution in [0.4, 0.5) is 10.1 Å². The Kier molecular flexibility index (Phi) is 5.72. The number of halogens is 1. The number of nitriles is 1. The van der Waals surface area contributed by atoms with Gasteiger partial charge in [0.05, 0.1) is 30.2 Å². The molecule has 0 fully saturated rings. The molecule has 0 aliphatic rings. The molecule has 0 amide bonds. The third kappa shape index (κ3) is 4.33. The van der Waals surface area contributed by atoms with Crippen LogP contribution in [-0.4, -0.2) is 28.0 Å². The lowest BCUT2D eigenvalue weighted by Gasteiger charge is -2.23. The van der Waals surface area contributed by atoms with Crippen LogP contribution < -0.4 is 4.31 Å². The summed E-state index contributed by atoms with van der Waals surface area (Å²) in [5, 5.41) is 8.70. The molecule has 8 heteroatoms. The van der Waals surface area contributed by atoms with Crippen LogP contribution in [0.3, 0.4) is 0 Å². The molecule has 0 aliphatic carbocycles. The monoisotopic (exact) mass is 362 g/mol. The lowest BCUT2D eigenvalue weighted by atomic mass is 10.1. The van der Waals surface area contributed by atoms with Crippen LogP contribution in [0, 0.1) is 17.1 Å². The Labute approximate surface area is 145 Å². The van der Waals surface area contributed by atoms with Gasteiger partial charge in [0.2, 0.25) is 0 Å². The van der Waals surface area contributed by atoms with Crippen molar-refractivity contribution in [2.24, 2.45) is 0 Å². The third-order valence-electron chi connectivity index (χ3n) is 3.41. The van der Waals surface area contributed by atoms with E-state index < -0.39 is 28.4 Å². The van der Waals surface area contributed by atoms with Crippen molar-refractivity contribution < 1.29 is 22.3 Å². The molecule has 0 N–H and O–H groups in total. The number of hydrogen-bond acceptors (Lipinski definition) is 5. The summed E-state index contributed by atoms with van der Waals surface area (Å²) in [6.07, 6.45) is 0.183. The van der Waals surface area contributed by atoms with Gasteiger partial charge in [-0.1, -0.05) is 12.1 Å². The highest BCUT2D eigenvalue weighted by Crippen LogP contribution is 2.24. The second-order valence-corrected chi connectivity index (χ2v) is 6.91. The van der Waals surface area contributed by atoms with E-state index in [1.54, 1.807) is 12.1 Å². The number of esters is 1. The van der Waals surface area contributed by atoms with Crippen LogP contribution in [0.2, 0.25) is 0 Å². The molecule has 2 aromatic rings. The highest BCUT2D eigenvalue weighted by molar-refractivity contribution is 7.92. The van der Waals surface area contributed by atoms with E-state index in [9.17, 15) is 17.6 Å². The van der Waals surface area contributed by atoms with E-state index in [0.717, 1.165) is 35.7 Å². The SMILES string of the molecule is COC(=O)CN(c1ccc(CC#N)cc1)S(=O)(=O)c1ccc(F)cc1. The van der Waals surface area contributed by atoms with Crippen LogP contribution >= 0.6 is 0 Å². The quantitative estimate of drug-likeness (QED) is 0.736. The van der Waals surface area contributed by atoms with Crippen molar-refractivity contribution in [1.82, 2.24) is 0 Å². The van der Waals surface area contributed by atoms with E-state index in [2.05, 4.69) is 4.74 Å². The minimum atomic E-state index is -4.10. The summed E-state index contributed by atoms with van der Waals surface area (Å²) in [7, 11) is -2.95. The van der Waals surface area contributed by atoms with Gasteiger partial charge in [0.25, 0.3) is 10.0 Å². The first-order chi connectivity index (χ1) is 11.9. The van der Waals surface area contributed by atoms with Crippen molar-refractivity contribution in [3.05, 3.63) is 59.9 Å². The number of sulfonamides is 1. The van der Waals surface area contributed by atoms with Crippen LogP contribution in [0.25, 0.3) is 0 Å². The number of rotatable bonds is 6. The van der Waals surface area contributed by atoms with Gasteiger partial charge >= 0.3 is 5.97 Å². The summed E-state index contributed by atoms with van der Waals surface area (Å²) in [6.45, 7) is -0.534. The first-order valence-electron chi connectivity index (χ1n) is 7.19. The maximum absolute atomic E-state index is 13.1. The Hall–Kier alpha value is -2.92. The van der Waals surface area contributed by atoms with Gasteiger partial charge in [-0.3, -0.25) is 9.10 Å². The highest BCUT2D eigenvalue weighted by atomic mass is 32.2. The maximum Gasteiger partial charge on any atom is 0.326 e. The Morgan fingerprint density at radius 3 is 2.28 bits per heavy atom. The normalized spacial score (nSPS) is 10.8. The lowest BCUT2D eigenvalue weighted by molar-refractivity contribution is -0.138. The van der Waals surface area contributed by atoms with Gasteiger partial charge in [0, 0.05) is 0 Å². The molecule has 2 rings (SSSR count). The predicted molar refractivity (Wildman–Crippen MR) is 88.7 cm³/mol. The Morgan fingerprint density at radius 2 is 1.76 bits per heavy atom. The number of anilines is 1. The lowest BCUT2D eigenvalue weighted by Crippen LogP contribution is -2.36. The number of nitrogens with zero attached hydrogens (tertiary/aromatic N) is 2. The summed E-state index contributed by atoms with van der Waals surface area (Å²) >= 11 is 0. The van der Waals surface area contributed by atoms with Crippen molar-refractivity contribution in [2.45, 2.75) is 11.3 Å². The standard InChI is InChI=1S/C17H15FN2O4S/c1-24-17(21)12-20(15-6-2-13(3-7-15)10-11-19)25(22,23)16-8-4-14(18)5-9-16/h2-9H,10,12H2,1H3. The number of ether oxygens (including phenoxy) is 1. The van der Waals surface area contributed by atoms with Crippen molar-refractivity contribution >= 4 is 21.7 Å². The van der Waals surface area contributed by atoms with Crippen LogP contribution in [0.1, 0.15) is 5.56 Å². The number of methoxy groups -OCH3 is 1. The maximum atomic E-state index is 13.1. The largest absolute Gasteiger partial charge is 0.468 e. The van der Waals surface area contributed by atoms with Crippen LogP contribution in [0.15, 0.2) is 53.4 Å². The van der Waals surface area contributed by atoms with Crippen LogP contribution in [-0.2, 0) is 26.0 Å². The van der Waals surface area contributed by atoms with Gasteiger partial charge in [0.1, 0.15) is 12.4 Å². The zero-order valence-electron chi connectivity index (χ0n) is 13.3. The van der Waals surface area contributed by atoms with Gasteiger partial charge in [-0.25, -0.2) is 12.8 Å². The van der Waals surface area contributed by atoms with E-state index in [1.165, 1.54) is 12.1 Å². The van der Waals surface area contributed by atoms with Crippen molar-refractivity contribution in [1.29, 1.82) is 5.26 Å². The van der Waals surface area contributed by atoms with Gasteiger partial charge in [-0.15, -0.1) is 0 Å². The van der Waals surface area contributed by atoms with E-state index in [0.29, 0.717) is 5.56 Å². The molecule has 0 radical (unpaired) electrons. The third-order valence-corrected chi connectivity index (χ3v) is 5.20. The average molecular weight is 362 g/mol. The molecule has 0 atom stereocenters. The van der Waals surface area contributed by atoms with Gasteiger partial charge in [-0.2, -0.15) is 5.26 Å². The summed E-state index contributed by atoms with van der Waals surface area (Å²) < 4.78 is 44.2. The molecule has 0 saturated carbocycles. The van der Waals surface area contributed by atoms with Gasteiger partial charge < -0.3 is 4.74 Å². The molecule has 0 heterocycles. The van der Waals surface area contributed by atoms with E-state index in [-0.39, 0.29) is 17.0 Å². The number of hydrogen-bond donors (Lipinski definition) is 0. The molecule has 0 aromatic heterocycles. The smallest absolute Gasteiger partial charge is 0.326 e. The van der Waals surface area contributed by atoms with Crippen molar-refractivity contribution in [2.75, 3.05) is 18.0 Å². The Balaban J connectivity index is 2.46. The molecule has 2 aromatic carbocycles. The number of benzene rings is 2. The summed E-state index contributed by atoms with van der Waals surface area (Å²) in [5.41, 5.74) is 0.944. The zero-order chi connectivity index (χ0) is 18.4. The molecular formula is C17H15FN2O4S. The van der Waals surface area contributed by atoms with Crippen molar-refractivity contribution in [3.8, 4) is 6.07 Å². The average Bonchev–Trinajstić information content (AvgIpc) is 2.61. The topological polar surface area (TPSA) is 87.5 Å². The molecule has 130 valence electrons. The van der Waals surface area contributed by atoms with E-state index in [4.69, 9.17) is 5.26 Å². The number of carbonyl (C=O) groups excluding carboxylic acids is 1.